The number of nitrogens with one attached hydrogen (secondary N) is 1. The van der Waals surface area contributed by atoms with Crippen LogP contribution >= 0.6 is 23.5 Å². The summed E-state index contributed by atoms with van der Waals surface area (Å²) in [6, 6.07) is 0.251. The van der Waals surface area contributed by atoms with E-state index in [1.807, 2.05) is 11.8 Å². The largest absolute Gasteiger partial charge is 0.338 e. The molecule has 2 saturated heterocycles. The van der Waals surface area contributed by atoms with E-state index in [0.29, 0.717) is 10.5 Å². The second-order valence-electron chi connectivity index (χ2n) is 5.74. The molecule has 2 fully saturated rings. The molecule has 1 aromatic heterocycles. The van der Waals surface area contributed by atoms with Gasteiger partial charge in [-0.2, -0.15) is 16.7 Å². The number of rotatable bonds is 3. The molecule has 112 valence electrons. The van der Waals surface area contributed by atoms with Crippen LogP contribution in [-0.2, 0) is 0 Å². The van der Waals surface area contributed by atoms with Crippen LogP contribution in [0.3, 0.4) is 0 Å². The zero-order valence-electron chi connectivity index (χ0n) is 12.2. The fourth-order valence-electron chi connectivity index (χ4n) is 2.94. The molecule has 0 aliphatic carbocycles. The second kappa shape index (κ2) is 6.71. The predicted octanol–water partition coefficient (Wildman–Crippen LogP) is 3.43. The van der Waals surface area contributed by atoms with Gasteiger partial charge in [-0.1, -0.05) is 19.0 Å². The normalized spacial score (nSPS) is 35.1. The molecule has 3 rings (SSSR count). The fraction of sp³-hybridized carbons (Fsp3) is 0.857. The third kappa shape index (κ3) is 3.17. The van der Waals surface area contributed by atoms with Gasteiger partial charge >= 0.3 is 0 Å². The first-order chi connectivity index (χ1) is 9.78. The van der Waals surface area contributed by atoms with Crippen molar-refractivity contribution in [1.29, 1.82) is 0 Å². The van der Waals surface area contributed by atoms with Gasteiger partial charge in [0.2, 0.25) is 5.89 Å². The topological polar surface area (TPSA) is 51.0 Å². The van der Waals surface area contributed by atoms with Gasteiger partial charge in [-0.25, -0.2) is 0 Å². The van der Waals surface area contributed by atoms with E-state index in [9.17, 15) is 0 Å². The van der Waals surface area contributed by atoms with Crippen LogP contribution in [0.5, 0.6) is 0 Å². The van der Waals surface area contributed by atoms with Crippen molar-refractivity contribution in [1.82, 2.24) is 15.5 Å². The van der Waals surface area contributed by atoms with Crippen molar-refractivity contribution in [3.63, 3.8) is 0 Å². The summed E-state index contributed by atoms with van der Waals surface area (Å²) < 4.78 is 5.55. The SMILES string of the molecule is CCC1SCCSC1c1noc(C2CC(C)CCN2)n1. The Morgan fingerprint density at radius 3 is 3.00 bits per heavy atom. The quantitative estimate of drug-likeness (QED) is 0.922. The summed E-state index contributed by atoms with van der Waals surface area (Å²) in [5.74, 6) is 4.86. The Morgan fingerprint density at radius 1 is 1.35 bits per heavy atom. The molecule has 20 heavy (non-hydrogen) atoms. The zero-order valence-corrected chi connectivity index (χ0v) is 13.8. The summed E-state index contributed by atoms with van der Waals surface area (Å²) in [7, 11) is 0. The Hall–Kier alpha value is -0.200. The molecule has 0 spiro atoms. The maximum absolute atomic E-state index is 5.55. The Balaban J connectivity index is 1.72. The Kier molecular flexibility index (Phi) is 4.94. The summed E-state index contributed by atoms with van der Waals surface area (Å²) in [4.78, 5) is 4.72. The van der Waals surface area contributed by atoms with Crippen LogP contribution < -0.4 is 5.32 Å². The van der Waals surface area contributed by atoms with Crippen molar-refractivity contribution in [2.45, 2.75) is 49.7 Å². The molecular formula is C14H23N3OS2. The molecule has 4 unspecified atom stereocenters. The van der Waals surface area contributed by atoms with Gasteiger partial charge in [0.15, 0.2) is 5.82 Å². The van der Waals surface area contributed by atoms with Crippen molar-refractivity contribution in [2.75, 3.05) is 18.1 Å². The summed E-state index contributed by atoms with van der Waals surface area (Å²) in [5.41, 5.74) is 0. The van der Waals surface area contributed by atoms with Gasteiger partial charge < -0.3 is 9.84 Å². The van der Waals surface area contributed by atoms with Gasteiger partial charge in [0.1, 0.15) is 0 Å². The standard InChI is InChI=1S/C14H23N3OS2/c1-3-11-12(20-7-6-19-11)13-16-14(18-17-13)10-8-9(2)4-5-15-10/h9-12,15H,3-8H2,1-2H3. The van der Waals surface area contributed by atoms with E-state index in [-0.39, 0.29) is 6.04 Å². The summed E-state index contributed by atoms with van der Waals surface area (Å²) in [6.45, 7) is 5.60. The zero-order chi connectivity index (χ0) is 13.9. The van der Waals surface area contributed by atoms with Crippen LogP contribution in [-0.4, -0.2) is 33.4 Å². The lowest BCUT2D eigenvalue weighted by Crippen LogP contribution is -2.31. The highest BCUT2D eigenvalue weighted by molar-refractivity contribution is 8.06. The molecule has 0 aromatic carbocycles. The van der Waals surface area contributed by atoms with E-state index in [1.165, 1.54) is 24.3 Å². The van der Waals surface area contributed by atoms with E-state index < -0.39 is 0 Å². The van der Waals surface area contributed by atoms with Crippen LogP contribution in [0, 0.1) is 5.92 Å². The van der Waals surface area contributed by atoms with Gasteiger partial charge in [0, 0.05) is 16.8 Å². The van der Waals surface area contributed by atoms with Gasteiger partial charge in [-0.3, -0.25) is 0 Å². The van der Waals surface area contributed by atoms with Crippen LogP contribution in [0.15, 0.2) is 4.52 Å². The highest BCUT2D eigenvalue weighted by atomic mass is 32.2. The van der Waals surface area contributed by atoms with Gasteiger partial charge in [0.05, 0.1) is 11.3 Å². The molecule has 3 heterocycles. The van der Waals surface area contributed by atoms with E-state index in [0.717, 1.165) is 30.6 Å². The average molecular weight is 313 g/mol. The van der Waals surface area contributed by atoms with Crippen molar-refractivity contribution in [3.8, 4) is 0 Å². The molecule has 2 aliphatic heterocycles. The maximum atomic E-state index is 5.55. The highest BCUT2D eigenvalue weighted by Gasteiger charge is 2.32. The predicted molar refractivity (Wildman–Crippen MR) is 85.2 cm³/mol. The van der Waals surface area contributed by atoms with Crippen molar-refractivity contribution in [2.24, 2.45) is 5.92 Å². The first-order valence-corrected chi connectivity index (χ1v) is 9.67. The molecule has 0 saturated carbocycles. The summed E-state index contributed by atoms with van der Waals surface area (Å²) >= 11 is 4.04. The van der Waals surface area contributed by atoms with Crippen LogP contribution in [0.2, 0.25) is 0 Å². The van der Waals surface area contributed by atoms with Crippen molar-refractivity contribution in [3.05, 3.63) is 11.7 Å². The van der Waals surface area contributed by atoms with Crippen LogP contribution in [0.4, 0.5) is 0 Å². The molecule has 4 nitrogen and oxygen atoms in total. The molecule has 0 radical (unpaired) electrons. The molecule has 1 N–H and O–H groups in total. The molecular weight excluding hydrogens is 290 g/mol. The summed E-state index contributed by atoms with van der Waals surface area (Å²) in [6.07, 6.45) is 3.51. The third-order valence-electron chi connectivity index (χ3n) is 4.13. The summed E-state index contributed by atoms with van der Waals surface area (Å²) in [5, 5.41) is 8.80. The molecule has 4 atom stereocenters. The van der Waals surface area contributed by atoms with E-state index in [2.05, 4.69) is 36.1 Å². The van der Waals surface area contributed by atoms with Gasteiger partial charge in [-0.05, 0) is 31.7 Å². The minimum absolute atomic E-state index is 0.251. The fourth-order valence-corrected chi connectivity index (χ4v) is 5.92. The first-order valence-electron chi connectivity index (χ1n) is 7.58. The molecule has 0 amide bonds. The Labute approximate surface area is 129 Å². The lowest BCUT2D eigenvalue weighted by Gasteiger charge is -2.27. The van der Waals surface area contributed by atoms with Gasteiger partial charge in [-0.15, -0.1) is 11.8 Å². The number of hydrogen-bond donors (Lipinski definition) is 1. The second-order valence-corrected chi connectivity index (χ2v) is 8.33. The number of aromatic nitrogens is 2. The maximum Gasteiger partial charge on any atom is 0.243 e. The smallest absolute Gasteiger partial charge is 0.243 e. The van der Waals surface area contributed by atoms with Crippen molar-refractivity contribution < 1.29 is 4.52 Å². The van der Waals surface area contributed by atoms with Gasteiger partial charge in [0.25, 0.3) is 0 Å². The molecule has 2 aliphatic rings. The van der Waals surface area contributed by atoms with E-state index >= 15 is 0 Å². The van der Waals surface area contributed by atoms with Crippen LogP contribution in [0.1, 0.15) is 56.1 Å². The third-order valence-corrected chi connectivity index (χ3v) is 7.37. The Bertz CT molecular complexity index is 440. The van der Waals surface area contributed by atoms with Crippen molar-refractivity contribution >= 4 is 23.5 Å². The monoisotopic (exact) mass is 313 g/mol. The van der Waals surface area contributed by atoms with Crippen LogP contribution in [0.25, 0.3) is 0 Å². The highest BCUT2D eigenvalue weighted by Crippen LogP contribution is 2.43. The minimum atomic E-state index is 0.251. The number of thioether (sulfide) groups is 2. The lowest BCUT2D eigenvalue weighted by atomic mass is 9.94. The number of piperidine rings is 1. The lowest BCUT2D eigenvalue weighted by molar-refractivity contribution is 0.259. The number of hydrogen-bond acceptors (Lipinski definition) is 6. The molecule has 6 heteroatoms. The molecule has 1 aromatic rings. The average Bonchev–Trinajstić information content (AvgIpc) is 2.97. The van der Waals surface area contributed by atoms with E-state index in [1.54, 1.807) is 0 Å². The first kappa shape index (κ1) is 14.7. The van der Waals surface area contributed by atoms with E-state index in [4.69, 9.17) is 9.51 Å². The number of nitrogens with zero attached hydrogens (tertiary/aromatic N) is 2. The minimum Gasteiger partial charge on any atom is -0.338 e. The molecule has 0 bridgehead atoms. The Morgan fingerprint density at radius 2 is 2.20 bits per heavy atom.